The van der Waals surface area contributed by atoms with Crippen LogP contribution in [0, 0.1) is 121 Å². The lowest BCUT2D eigenvalue weighted by Gasteiger charge is -2.19. The molecule has 0 N–H and O–H groups in total. The molecule has 1 saturated carbocycles. The molecule has 1 aliphatic carbocycles. The average molecular weight is 1560 g/mol. The molecule has 606 valence electrons. The Kier molecular flexibility index (Phi) is 27.2. The summed E-state index contributed by atoms with van der Waals surface area (Å²) in [6.45, 7) is 46.8. The van der Waals surface area contributed by atoms with Gasteiger partial charge in [0.2, 0.25) is 56.1 Å². The van der Waals surface area contributed by atoms with Crippen LogP contribution in [0.2, 0.25) is 0 Å². The van der Waals surface area contributed by atoms with Gasteiger partial charge in [-0.1, -0.05) is 192 Å². The Morgan fingerprint density at radius 1 is 0.314 bits per heavy atom. The summed E-state index contributed by atoms with van der Waals surface area (Å²) in [6, 6.07) is 81.1. The van der Waals surface area contributed by atoms with Crippen LogP contribution < -0.4 is 22.8 Å². The van der Waals surface area contributed by atoms with Crippen molar-refractivity contribution in [3.05, 3.63) is 324 Å². The molecule has 5 nitrogen and oxygen atoms in total. The first-order chi connectivity index (χ1) is 56.2. The van der Waals surface area contributed by atoms with Crippen molar-refractivity contribution in [3.63, 3.8) is 0 Å². The number of nitrogens with zero attached hydrogens (tertiary/aromatic N) is 5. The van der Waals surface area contributed by atoms with Crippen LogP contribution in [0.15, 0.2) is 218 Å². The van der Waals surface area contributed by atoms with E-state index in [2.05, 4.69) is 422 Å². The molecule has 0 aliphatic heterocycles. The SMILES string of the molecule is CCCc1cc(-c2cc(C)cc(C)c2C)[n+](C)c2ccccc12.Cc1cc(C)c(C)c(-c2ccc3c(CC(C)(C)C)cccc3[n+]2C)c1.Cc1cc(C)c(C)c(-c2ccc3c(CC(C)C)cccc3[n+]2C)c1.Cc1cc(C)c(C)c(-c2ccc3c(CC4CCCC4)cccc3[n+]2C)c1.Cc1cc(C)c(C)c(-c2ccc3ccccc3[n+]2C)c1. The van der Waals surface area contributed by atoms with E-state index in [4.69, 9.17) is 0 Å². The molecule has 16 rings (SSSR count). The summed E-state index contributed by atoms with van der Waals surface area (Å²) in [5, 5.41) is 6.82. The maximum Gasteiger partial charge on any atom is 0.213 e. The third-order valence-electron chi connectivity index (χ3n) is 25.6. The summed E-state index contributed by atoms with van der Waals surface area (Å²) in [6.07, 6.45) is 11.4. The van der Waals surface area contributed by atoms with Crippen molar-refractivity contribution < 1.29 is 22.8 Å². The summed E-state index contributed by atoms with van der Waals surface area (Å²) in [7, 11) is 10.9. The number of aromatic nitrogens is 5. The fourth-order valence-electron chi connectivity index (χ4n) is 18.7. The highest BCUT2D eigenvalue weighted by molar-refractivity contribution is 5.86. The lowest BCUT2D eigenvalue weighted by molar-refractivity contribution is -0.633. The number of pyridine rings is 5. The first-order valence-corrected chi connectivity index (χ1v) is 43.6. The third kappa shape index (κ3) is 19.2. The van der Waals surface area contributed by atoms with Gasteiger partial charge in [0.15, 0.2) is 0 Å². The topological polar surface area (TPSA) is 19.4 Å². The van der Waals surface area contributed by atoms with Gasteiger partial charge in [-0.3, -0.25) is 0 Å². The molecule has 0 radical (unpaired) electrons. The van der Waals surface area contributed by atoms with Crippen molar-refractivity contribution in [2.45, 2.75) is 203 Å². The van der Waals surface area contributed by atoms with E-state index in [9.17, 15) is 0 Å². The standard InChI is InChI=1S/C25H30N.C24H30N.C23H28N.C22H26N.C19H20N/c1-17-14-18(2)19(3)23(15-17)25-13-12-22-21(16-20-8-5-6-9-20)10-7-11-24(22)26(25)4;1-16-13-17(2)18(3)21(14-16)23-12-11-20-19(15-24(4,5)6)9-8-10-22(20)25(23)7;1-15(2)12-19-8-7-9-22-20(19)10-11-23(24(22)6)21-14-16(3)13-17(4)18(21)5;1-6-9-18-14-22(20-13-15(2)12-16(3)17(20)4)23(5)21-11-8-7-10-19(18)21;1-13-11-14(2)15(3)17(12-13)19-10-9-16-7-5-6-8-18(16)20(19)4/h7,10-15,20H,5-6,8-9,16H2,1-4H3;8-14H,15H2,1-7H3;7-11,13-15H,12H2,1-6H3;7-8,10-14H,6,9H2,1-5H3;5-12H,1-4H3/q5*+1. The molecule has 0 unspecified atom stereocenters. The zero-order chi connectivity index (χ0) is 84.9. The monoisotopic (exact) mass is 1560 g/mol. The molecule has 1 aliphatic rings. The second kappa shape index (κ2) is 37.0. The fourth-order valence-corrected chi connectivity index (χ4v) is 18.7. The van der Waals surface area contributed by atoms with Crippen LogP contribution in [0.25, 0.3) is 111 Å². The Hall–Kier alpha value is -10.8. The third-order valence-corrected chi connectivity index (χ3v) is 25.6. The lowest BCUT2D eigenvalue weighted by atomic mass is 9.86. The van der Waals surface area contributed by atoms with E-state index in [0.29, 0.717) is 5.92 Å². The van der Waals surface area contributed by atoms with E-state index in [1.807, 2.05) is 0 Å². The van der Waals surface area contributed by atoms with Crippen LogP contribution in [0.5, 0.6) is 0 Å². The number of rotatable bonds is 12. The van der Waals surface area contributed by atoms with Crippen LogP contribution in [0.4, 0.5) is 0 Å². The van der Waals surface area contributed by atoms with Crippen molar-refractivity contribution in [2.24, 2.45) is 52.5 Å². The van der Waals surface area contributed by atoms with Crippen LogP contribution in [0.3, 0.4) is 0 Å². The van der Waals surface area contributed by atoms with Gasteiger partial charge < -0.3 is 0 Å². The molecule has 1 fully saturated rings. The zero-order valence-corrected chi connectivity index (χ0v) is 76.5. The minimum atomic E-state index is 0.287. The Morgan fingerprint density at radius 3 is 1.03 bits per heavy atom. The average Bonchev–Trinajstić information content (AvgIpc) is 0.911. The van der Waals surface area contributed by atoms with Gasteiger partial charge in [0, 0.05) is 115 Å². The minimum absolute atomic E-state index is 0.287. The second-order valence-electron chi connectivity index (χ2n) is 36.6. The molecular formula is C113H134N5+5. The Labute approximate surface area is 708 Å². The minimum Gasteiger partial charge on any atom is -0.194 e. The van der Waals surface area contributed by atoms with Gasteiger partial charge in [-0.2, -0.15) is 22.8 Å². The van der Waals surface area contributed by atoms with Crippen molar-refractivity contribution in [3.8, 4) is 56.3 Å². The Balaban J connectivity index is 0.000000136. The molecule has 5 heteroatoms. The normalized spacial score (nSPS) is 12.2. The van der Waals surface area contributed by atoms with Crippen molar-refractivity contribution in [1.29, 1.82) is 0 Å². The molecule has 0 saturated heterocycles. The van der Waals surface area contributed by atoms with E-state index in [-0.39, 0.29) is 5.41 Å². The van der Waals surface area contributed by atoms with Crippen LogP contribution in [-0.2, 0) is 60.9 Å². The number of fused-ring (bicyclic) bond motifs is 5. The quantitative estimate of drug-likeness (QED) is 0.109. The van der Waals surface area contributed by atoms with Crippen LogP contribution in [-0.4, -0.2) is 0 Å². The number of aryl methyl sites for hydroxylation is 16. The summed E-state index contributed by atoms with van der Waals surface area (Å²) >= 11 is 0. The molecule has 118 heavy (non-hydrogen) atoms. The highest BCUT2D eigenvalue weighted by Gasteiger charge is 2.27. The molecule has 10 aromatic carbocycles. The smallest absolute Gasteiger partial charge is 0.194 e. The lowest BCUT2D eigenvalue weighted by Crippen LogP contribution is -2.32. The molecular weight excluding hydrogens is 1430 g/mol. The van der Waals surface area contributed by atoms with Gasteiger partial charge in [-0.05, 0) is 291 Å². The van der Waals surface area contributed by atoms with Crippen molar-refractivity contribution >= 4 is 54.5 Å². The number of hydrogen-bond donors (Lipinski definition) is 0. The van der Waals surface area contributed by atoms with Crippen molar-refractivity contribution in [1.82, 2.24) is 0 Å². The highest BCUT2D eigenvalue weighted by Crippen LogP contribution is 2.37. The molecule has 0 atom stereocenters. The van der Waals surface area contributed by atoms with E-state index < -0.39 is 0 Å². The predicted octanol–water partition coefficient (Wildman–Crippen LogP) is 26.8. The van der Waals surface area contributed by atoms with Gasteiger partial charge in [-0.15, -0.1) is 0 Å². The van der Waals surface area contributed by atoms with Gasteiger partial charge in [0.05, 0.1) is 0 Å². The van der Waals surface area contributed by atoms with Gasteiger partial charge >= 0.3 is 0 Å². The Morgan fingerprint density at radius 2 is 0.627 bits per heavy atom. The largest absolute Gasteiger partial charge is 0.213 e. The van der Waals surface area contributed by atoms with Gasteiger partial charge in [0.25, 0.3) is 0 Å². The first-order valence-electron chi connectivity index (χ1n) is 43.6. The zero-order valence-electron chi connectivity index (χ0n) is 76.5. The number of benzene rings is 10. The van der Waals surface area contributed by atoms with Gasteiger partial charge in [-0.25, -0.2) is 0 Å². The number of para-hydroxylation sites is 2. The maximum absolute atomic E-state index is 2.40. The second-order valence-corrected chi connectivity index (χ2v) is 36.6. The summed E-state index contributed by atoms with van der Waals surface area (Å²) in [5.41, 5.74) is 46.1. The number of hydrogen-bond acceptors (Lipinski definition) is 0. The highest BCUT2D eigenvalue weighted by atomic mass is 15.0. The fraction of sp³-hybridized carbons (Fsp3) is 0.336. The van der Waals surface area contributed by atoms with E-state index in [0.717, 1.165) is 25.2 Å². The van der Waals surface area contributed by atoms with Crippen molar-refractivity contribution in [2.75, 3.05) is 0 Å². The predicted molar refractivity (Wildman–Crippen MR) is 505 cm³/mol. The first kappa shape index (κ1) is 86.6. The Bertz CT molecular complexity index is 6250. The maximum atomic E-state index is 2.40. The van der Waals surface area contributed by atoms with E-state index in [1.54, 1.807) is 0 Å². The summed E-state index contributed by atoms with van der Waals surface area (Å²) in [5.74, 6) is 1.55. The van der Waals surface area contributed by atoms with Gasteiger partial charge in [0.1, 0.15) is 35.2 Å². The molecule has 0 spiro atoms. The summed E-state index contributed by atoms with van der Waals surface area (Å²) < 4.78 is 11.7. The van der Waals surface area contributed by atoms with E-state index in [1.165, 1.54) is 255 Å². The van der Waals surface area contributed by atoms with Crippen LogP contribution >= 0.6 is 0 Å². The molecule has 5 heterocycles. The molecule has 0 bridgehead atoms. The van der Waals surface area contributed by atoms with Crippen LogP contribution in [0.1, 0.15) is 179 Å². The van der Waals surface area contributed by atoms with E-state index >= 15 is 0 Å². The summed E-state index contributed by atoms with van der Waals surface area (Å²) in [4.78, 5) is 0. The molecule has 0 amide bonds. The molecule has 5 aromatic heterocycles. The molecule has 15 aromatic rings.